The molecule has 1 aromatic rings. The summed E-state index contributed by atoms with van der Waals surface area (Å²) in [5, 5.41) is 11.9. The minimum atomic E-state index is -0.348. The fraction of sp³-hybridized carbons (Fsp3) is 0.400. The lowest BCUT2D eigenvalue weighted by atomic mass is 10.2. The van der Waals surface area contributed by atoms with E-state index in [-0.39, 0.29) is 11.9 Å². The van der Waals surface area contributed by atoms with Gasteiger partial charge in [0.2, 0.25) is 0 Å². The van der Waals surface area contributed by atoms with Crippen molar-refractivity contribution >= 4 is 5.69 Å². The van der Waals surface area contributed by atoms with Gasteiger partial charge in [-0.05, 0) is 25.5 Å². The molecule has 1 atom stereocenters. The van der Waals surface area contributed by atoms with Crippen LogP contribution in [0.2, 0.25) is 0 Å². The smallest absolute Gasteiger partial charge is 0.146 e. The topological polar surface area (TPSA) is 32.3 Å². The zero-order chi connectivity index (χ0) is 9.68. The summed E-state index contributed by atoms with van der Waals surface area (Å²) in [6.07, 6.45) is 0.271. The number of benzene rings is 1. The molecule has 2 N–H and O–H groups in total. The van der Waals surface area contributed by atoms with Gasteiger partial charge >= 0.3 is 0 Å². The number of rotatable bonds is 4. The third-order valence-corrected chi connectivity index (χ3v) is 1.75. The first kappa shape index (κ1) is 9.99. The summed E-state index contributed by atoms with van der Waals surface area (Å²) in [5.74, 6) is -0.256. The first-order valence-electron chi connectivity index (χ1n) is 4.36. The van der Waals surface area contributed by atoms with Gasteiger partial charge in [-0.15, -0.1) is 0 Å². The van der Waals surface area contributed by atoms with E-state index in [1.54, 1.807) is 25.1 Å². The molecule has 0 aromatic heterocycles. The Hall–Kier alpha value is -1.09. The van der Waals surface area contributed by atoms with Gasteiger partial charge in [0.1, 0.15) is 5.82 Å². The Labute approximate surface area is 77.4 Å². The van der Waals surface area contributed by atoms with E-state index in [1.165, 1.54) is 6.07 Å². The maximum absolute atomic E-state index is 13.0. The van der Waals surface area contributed by atoms with Crippen LogP contribution in [0.5, 0.6) is 0 Å². The largest absolute Gasteiger partial charge is 0.393 e. The van der Waals surface area contributed by atoms with Crippen molar-refractivity contribution in [2.75, 3.05) is 11.9 Å². The zero-order valence-electron chi connectivity index (χ0n) is 7.63. The molecular weight excluding hydrogens is 169 g/mol. The number of hydrogen-bond acceptors (Lipinski definition) is 2. The van der Waals surface area contributed by atoms with E-state index < -0.39 is 0 Å². The molecule has 2 nitrogen and oxygen atoms in total. The van der Waals surface area contributed by atoms with Crippen molar-refractivity contribution in [3.8, 4) is 0 Å². The highest BCUT2D eigenvalue weighted by molar-refractivity contribution is 5.44. The van der Waals surface area contributed by atoms with Gasteiger partial charge in [-0.1, -0.05) is 12.1 Å². The maximum Gasteiger partial charge on any atom is 0.146 e. The summed E-state index contributed by atoms with van der Waals surface area (Å²) in [6.45, 7) is 2.29. The van der Waals surface area contributed by atoms with Crippen molar-refractivity contribution in [3.63, 3.8) is 0 Å². The highest BCUT2D eigenvalue weighted by Gasteiger charge is 1.99. The molecule has 0 bridgehead atoms. The summed E-state index contributed by atoms with van der Waals surface area (Å²) in [4.78, 5) is 0. The maximum atomic E-state index is 13.0. The first-order chi connectivity index (χ1) is 6.20. The molecule has 0 aliphatic rings. The van der Waals surface area contributed by atoms with Crippen LogP contribution in [0.3, 0.4) is 0 Å². The Bertz CT molecular complexity index is 263. The SMILES string of the molecule is CC(O)CCNc1ccccc1F. The molecule has 0 fully saturated rings. The molecule has 1 unspecified atom stereocenters. The van der Waals surface area contributed by atoms with Crippen molar-refractivity contribution in [1.29, 1.82) is 0 Å². The highest BCUT2D eigenvalue weighted by Crippen LogP contribution is 2.11. The third-order valence-electron chi connectivity index (χ3n) is 1.75. The van der Waals surface area contributed by atoms with E-state index >= 15 is 0 Å². The van der Waals surface area contributed by atoms with Gasteiger partial charge in [0, 0.05) is 6.54 Å². The van der Waals surface area contributed by atoms with Crippen molar-refractivity contribution in [1.82, 2.24) is 0 Å². The summed E-state index contributed by atoms with van der Waals surface area (Å²) < 4.78 is 13.0. The molecule has 0 amide bonds. The summed E-state index contributed by atoms with van der Waals surface area (Å²) in [7, 11) is 0. The van der Waals surface area contributed by atoms with Gasteiger partial charge < -0.3 is 10.4 Å². The predicted molar refractivity (Wildman–Crippen MR) is 51.2 cm³/mol. The van der Waals surface area contributed by atoms with Gasteiger partial charge in [-0.3, -0.25) is 0 Å². The second kappa shape index (κ2) is 4.82. The number of hydrogen-bond donors (Lipinski definition) is 2. The number of anilines is 1. The Morgan fingerprint density at radius 3 is 2.77 bits per heavy atom. The molecule has 3 heteroatoms. The third kappa shape index (κ3) is 3.42. The Kier molecular flexibility index (Phi) is 3.71. The standard InChI is InChI=1S/C10H14FNO/c1-8(13)6-7-12-10-5-3-2-4-9(10)11/h2-5,8,12-13H,6-7H2,1H3. The number of para-hydroxylation sites is 1. The summed E-state index contributed by atoms with van der Waals surface area (Å²) in [6, 6.07) is 6.51. The molecular formula is C10H14FNO. The van der Waals surface area contributed by atoms with E-state index in [2.05, 4.69) is 5.32 Å². The lowest BCUT2D eigenvalue weighted by molar-refractivity contribution is 0.188. The Balaban J connectivity index is 2.41. The molecule has 0 saturated heterocycles. The fourth-order valence-corrected chi connectivity index (χ4v) is 1.02. The van der Waals surface area contributed by atoms with Crippen molar-refractivity contribution in [2.24, 2.45) is 0 Å². The van der Waals surface area contributed by atoms with Gasteiger partial charge in [-0.2, -0.15) is 0 Å². The summed E-state index contributed by atoms with van der Waals surface area (Å²) >= 11 is 0. The van der Waals surface area contributed by atoms with Crippen LogP contribution in [0, 0.1) is 5.82 Å². The monoisotopic (exact) mass is 183 g/mol. The van der Waals surface area contributed by atoms with Gasteiger partial charge in [-0.25, -0.2) is 4.39 Å². The van der Waals surface area contributed by atoms with Crippen LogP contribution in [0.15, 0.2) is 24.3 Å². The van der Waals surface area contributed by atoms with Crippen molar-refractivity contribution in [3.05, 3.63) is 30.1 Å². The average Bonchev–Trinajstić information content (AvgIpc) is 2.08. The Morgan fingerprint density at radius 2 is 2.15 bits per heavy atom. The molecule has 0 aliphatic carbocycles. The quantitative estimate of drug-likeness (QED) is 0.748. The van der Waals surface area contributed by atoms with E-state index in [1.807, 2.05) is 0 Å². The first-order valence-corrected chi connectivity index (χ1v) is 4.36. The van der Waals surface area contributed by atoms with Crippen molar-refractivity contribution in [2.45, 2.75) is 19.4 Å². The number of halogens is 1. The highest BCUT2D eigenvalue weighted by atomic mass is 19.1. The minimum absolute atomic E-state index is 0.256. The normalized spacial score (nSPS) is 12.5. The lowest BCUT2D eigenvalue weighted by Crippen LogP contribution is -2.10. The molecule has 1 aromatic carbocycles. The van der Waals surface area contributed by atoms with Gasteiger partial charge in [0.05, 0.1) is 11.8 Å². The fourth-order valence-electron chi connectivity index (χ4n) is 1.02. The molecule has 0 saturated carbocycles. The van der Waals surface area contributed by atoms with Crippen molar-refractivity contribution < 1.29 is 9.50 Å². The van der Waals surface area contributed by atoms with Gasteiger partial charge in [0.25, 0.3) is 0 Å². The van der Waals surface area contributed by atoms with Crippen LogP contribution < -0.4 is 5.32 Å². The average molecular weight is 183 g/mol. The van der Waals surface area contributed by atoms with E-state index in [0.29, 0.717) is 18.7 Å². The van der Waals surface area contributed by atoms with Crippen LogP contribution >= 0.6 is 0 Å². The number of nitrogens with one attached hydrogen (secondary N) is 1. The van der Waals surface area contributed by atoms with Gasteiger partial charge in [0.15, 0.2) is 0 Å². The number of aliphatic hydroxyl groups excluding tert-OH is 1. The van der Waals surface area contributed by atoms with E-state index in [9.17, 15) is 4.39 Å². The van der Waals surface area contributed by atoms with Crippen LogP contribution in [-0.4, -0.2) is 17.8 Å². The van der Waals surface area contributed by atoms with E-state index in [0.717, 1.165) is 0 Å². The molecule has 72 valence electrons. The van der Waals surface area contributed by atoms with E-state index in [4.69, 9.17) is 5.11 Å². The lowest BCUT2D eigenvalue weighted by Gasteiger charge is -2.08. The minimum Gasteiger partial charge on any atom is -0.393 e. The predicted octanol–water partition coefficient (Wildman–Crippen LogP) is 2.01. The number of aliphatic hydroxyl groups is 1. The summed E-state index contributed by atoms with van der Waals surface area (Å²) in [5.41, 5.74) is 0.489. The molecule has 0 radical (unpaired) electrons. The van der Waals surface area contributed by atoms with Crippen LogP contribution in [0.25, 0.3) is 0 Å². The second-order valence-corrected chi connectivity index (χ2v) is 3.04. The van der Waals surface area contributed by atoms with Crippen LogP contribution in [0.4, 0.5) is 10.1 Å². The second-order valence-electron chi connectivity index (χ2n) is 3.04. The molecule has 0 aliphatic heterocycles. The van der Waals surface area contributed by atoms with Crippen LogP contribution in [0.1, 0.15) is 13.3 Å². The zero-order valence-corrected chi connectivity index (χ0v) is 7.63. The van der Waals surface area contributed by atoms with Crippen LogP contribution in [-0.2, 0) is 0 Å². The molecule has 0 spiro atoms. The molecule has 1 rings (SSSR count). The Morgan fingerprint density at radius 1 is 1.46 bits per heavy atom. The molecule has 13 heavy (non-hydrogen) atoms. The molecule has 0 heterocycles.